The minimum absolute atomic E-state index is 0.107. The standard InChI is InChI=1S/C20H28N6O3/c21-14-4-7-25(8-5-14)20(29)26-11-9-24(10-12-26)15-3-6-22-17(13-15)16-1-2-18(27)23-19(16)28/h3,6,13-14,16H,1-2,4-5,7-12,21H2,(H,23,27,28). The first-order valence-electron chi connectivity index (χ1n) is 10.4. The molecule has 1 aromatic heterocycles. The number of hydrogen-bond donors (Lipinski definition) is 2. The van der Waals surface area contributed by atoms with E-state index >= 15 is 0 Å². The van der Waals surface area contributed by atoms with Crippen molar-refractivity contribution in [3.63, 3.8) is 0 Å². The number of carbonyl (C=O) groups is 3. The molecule has 1 atom stereocenters. The molecule has 0 aliphatic carbocycles. The number of imide groups is 1. The summed E-state index contributed by atoms with van der Waals surface area (Å²) in [5.74, 6) is -0.887. The van der Waals surface area contributed by atoms with Gasteiger partial charge < -0.3 is 20.4 Å². The van der Waals surface area contributed by atoms with Gasteiger partial charge in [-0.1, -0.05) is 0 Å². The number of rotatable bonds is 2. The monoisotopic (exact) mass is 400 g/mol. The van der Waals surface area contributed by atoms with Crippen molar-refractivity contribution in [1.82, 2.24) is 20.1 Å². The van der Waals surface area contributed by atoms with Gasteiger partial charge in [0.15, 0.2) is 0 Å². The molecule has 29 heavy (non-hydrogen) atoms. The highest BCUT2D eigenvalue weighted by Gasteiger charge is 2.30. The van der Waals surface area contributed by atoms with E-state index in [1.54, 1.807) is 6.20 Å². The molecule has 9 heteroatoms. The zero-order valence-electron chi connectivity index (χ0n) is 16.5. The molecule has 3 aliphatic heterocycles. The summed E-state index contributed by atoms with van der Waals surface area (Å²) in [4.78, 5) is 46.7. The van der Waals surface area contributed by atoms with Gasteiger partial charge in [0.1, 0.15) is 0 Å². The Bertz CT molecular complexity index is 784. The second-order valence-corrected chi connectivity index (χ2v) is 8.02. The van der Waals surface area contributed by atoms with Crippen LogP contribution in [0.5, 0.6) is 0 Å². The summed E-state index contributed by atoms with van der Waals surface area (Å²) >= 11 is 0. The molecule has 4 rings (SSSR count). The number of carbonyl (C=O) groups excluding carboxylic acids is 3. The molecule has 156 valence electrons. The van der Waals surface area contributed by atoms with Gasteiger partial charge in [0, 0.05) is 63.6 Å². The highest BCUT2D eigenvalue weighted by molar-refractivity contribution is 6.00. The fraction of sp³-hybridized carbons (Fsp3) is 0.600. The average Bonchev–Trinajstić information content (AvgIpc) is 2.74. The Morgan fingerprint density at radius 3 is 2.41 bits per heavy atom. The maximum absolute atomic E-state index is 12.7. The molecule has 4 heterocycles. The minimum Gasteiger partial charge on any atom is -0.368 e. The van der Waals surface area contributed by atoms with Gasteiger partial charge >= 0.3 is 6.03 Å². The Kier molecular flexibility index (Phi) is 5.66. The minimum atomic E-state index is -0.388. The van der Waals surface area contributed by atoms with E-state index in [2.05, 4.69) is 15.2 Å². The number of amides is 4. The lowest BCUT2D eigenvalue weighted by Crippen LogP contribution is -2.55. The largest absolute Gasteiger partial charge is 0.368 e. The van der Waals surface area contributed by atoms with Crippen LogP contribution in [0.15, 0.2) is 18.3 Å². The third kappa shape index (κ3) is 4.34. The third-order valence-electron chi connectivity index (χ3n) is 6.09. The topological polar surface area (TPSA) is 112 Å². The van der Waals surface area contributed by atoms with E-state index in [9.17, 15) is 14.4 Å². The van der Waals surface area contributed by atoms with Crippen LogP contribution in [0.3, 0.4) is 0 Å². The molecule has 0 saturated carbocycles. The Morgan fingerprint density at radius 2 is 1.72 bits per heavy atom. The molecule has 3 aliphatic rings. The van der Waals surface area contributed by atoms with Gasteiger partial charge in [-0.2, -0.15) is 0 Å². The van der Waals surface area contributed by atoms with E-state index < -0.39 is 0 Å². The van der Waals surface area contributed by atoms with E-state index in [0.717, 1.165) is 44.7 Å². The predicted octanol–water partition coefficient (Wildman–Crippen LogP) is 0.267. The first-order chi connectivity index (χ1) is 14.0. The van der Waals surface area contributed by atoms with Crippen LogP contribution in [0.25, 0.3) is 0 Å². The molecular weight excluding hydrogens is 372 g/mol. The molecule has 0 spiro atoms. The van der Waals surface area contributed by atoms with Gasteiger partial charge in [-0.05, 0) is 31.4 Å². The molecule has 0 bridgehead atoms. The molecule has 3 N–H and O–H groups in total. The van der Waals surface area contributed by atoms with Crippen molar-refractivity contribution in [1.29, 1.82) is 0 Å². The Labute approximate surface area is 170 Å². The maximum Gasteiger partial charge on any atom is 0.320 e. The number of pyridine rings is 1. The number of likely N-dealkylation sites (tertiary alicyclic amines) is 1. The van der Waals surface area contributed by atoms with Crippen LogP contribution in [0.2, 0.25) is 0 Å². The predicted molar refractivity (Wildman–Crippen MR) is 107 cm³/mol. The van der Waals surface area contributed by atoms with Gasteiger partial charge in [-0.15, -0.1) is 0 Å². The first-order valence-corrected chi connectivity index (χ1v) is 10.4. The van der Waals surface area contributed by atoms with Crippen LogP contribution in [-0.4, -0.2) is 77.9 Å². The number of piperidine rings is 2. The quantitative estimate of drug-likeness (QED) is 0.689. The highest BCUT2D eigenvalue weighted by Crippen LogP contribution is 2.27. The molecule has 0 radical (unpaired) electrons. The lowest BCUT2D eigenvalue weighted by molar-refractivity contribution is -0.134. The number of urea groups is 1. The van der Waals surface area contributed by atoms with Gasteiger partial charge in [-0.25, -0.2) is 4.79 Å². The van der Waals surface area contributed by atoms with Crippen LogP contribution >= 0.6 is 0 Å². The number of aromatic nitrogens is 1. The molecular formula is C20H28N6O3. The van der Waals surface area contributed by atoms with Gasteiger partial charge in [0.25, 0.3) is 0 Å². The van der Waals surface area contributed by atoms with Crippen molar-refractivity contribution < 1.29 is 14.4 Å². The number of piperazine rings is 1. The number of nitrogens with zero attached hydrogens (tertiary/aromatic N) is 4. The highest BCUT2D eigenvalue weighted by atomic mass is 16.2. The second-order valence-electron chi connectivity index (χ2n) is 8.02. The van der Waals surface area contributed by atoms with E-state index in [1.165, 1.54) is 0 Å². The molecule has 4 amide bonds. The number of nitrogens with two attached hydrogens (primary N) is 1. The van der Waals surface area contributed by atoms with Crippen molar-refractivity contribution in [2.75, 3.05) is 44.2 Å². The molecule has 3 fully saturated rings. The maximum atomic E-state index is 12.7. The number of anilines is 1. The van der Waals surface area contributed by atoms with E-state index in [1.807, 2.05) is 21.9 Å². The molecule has 3 saturated heterocycles. The SMILES string of the molecule is NC1CCN(C(=O)N2CCN(c3ccnc(C4CCC(=O)NC4=O)c3)CC2)CC1. The van der Waals surface area contributed by atoms with Gasteiger partial charge in [-0.3, -0.25) is 19.9 Å². The molecule has 1 aromatic rings. The fourth-order valence-corrected chi connectivity index (χ4v) is 4.25. The average molecular weight is 400 g/mol. The van der Waals surface area contributed by atoms with Crippen LogP contribution in [0, 0.1) is 0 Å². The Hall–Kier alpha value is -2.68. The zero-order chi connectivity index (χ0) is 20.4. The summed E-state index contributed by atoms with van der Waals surface area (Å²) < 4.78 is 0. The zero-order valence-corrected chi connectivity index (χ0v) is 16.5. The van der Waals surface area contributed by atoms with E-state index in [-0.39, 0.29) is 29.8 Å². The van der Waals surface area contributed by atoms with Crippen molar-refractivity contribution in [2.45, 2.75) is 37.6 Å². The third-order valence-corrected chi connectivity index (χ3v) is 6.09. The number of hydrogen-bond acceptors (Lipinski definition) is 6. The summed E-state index contributed by atoms with van der Waals surface area (Å²) in [5, 5.41) is 2.39. The van der Waals surface area contributed by atoms with Crippen molar-refractivity contribution in [3.05, 3.63) is 24.0 Å². The smallest absolute Gasteiger partial charge is 0.320 e. The Balaban J connectivity index is 1.36. The Morgan fingerprint density at radius 1 is 1.03 bits per heavy atom. The summed E-state index contributed by atoms with van der Waals surface area (Å²) in [6, 6.07) is 4.18. The molecule has 9 nitrogen and oxygen atoms in total. The lowest BCUT2D eigenvalue weighted by atomic mass is 9.94. The van der Waals surface area contributed by atoms with Crippen LogP contribution in [-0.2, 0) is 9.59 Å². The van der Waals surface area contributed by atoms with E-state index in [4.69, 9.17) is 5.73 Å². The first kappa shape index (κ1) is 19.6. The van der Waals surface area contributed by atoms with Crippen molar-refractivity contribution >= 4 is 23.5 Å². The molecule has 1 unspecified atom stereocenters. The van der Waals surface area contributed by atoms with Crippen molar-refractivity contribution in [2.24, 2.45) is 5.73 Å². The van der Waals surface area contributed by atoms with Crippen molar-refractivity contribution in [3.8, 4) is 0 Å². The van der Waals surface area contributed by atoms with E-state index in [0.29, 0.717) is 31.6 Å². The van der Waals surface area contributed by atoms with Gasteiger partial charge in [0.2, 0.25) is 11.8 Å². The number of nitrogens with one attached hydrogen (secondary N) is 1. The van der Waals surface area contributed by atoms with Crippen LogP contribution in [0.4, 0.5) is 10.5 Å². The van der Waals surface area contributed by atoms with Crippen LogP contribution < -0.4 is 16.0 Å². The summed E-state index contributed by atoms with van der Waals surface area (Å²) in [7, 11) is 0. The second kappa shape index (κ2) is 8.36. The summed E-state index contributed by atoms with van der Waals surface area (Å²) in [5.41, 5.74) is 7.62. The van der Waals surface area contributed by atoms with Crippen LogP contribution in [0.1, 0.15) is 37.3 Å². The normalized spacial score (nSPS) is 23.9. The molecule has 0 aromatic carbocycles. The lowest BCUT2D eigenvalue weighted by Gasteiger charge is -2.40. The fourth-order valence-electron chi connectivity index (χ4n) is 4.25. The summed E-state index contributed by atoms with van der Waals surface area (Å²) in [6.45, 7) is 4.27. The summed E-state index contributed by atoms with van der Waals surface area (Å²) in [6.07, 6.45) is 4.27. The van der Waals surface area contributed by atoms with Gasteiger partial charge in [0.05, 0.1) is 11.6 Å².